The molecule has 0 spiro atoms. The Morgan fingerprint density at radius 3 is 2.61 bits per heavy atom. The predicted octanol–water partition coefficient (Wildman–Crippen LogP) is 0.719. The van der Waals surface area contributed by atoms with Crippen LogP contribution in [-0.4, -0.2) is 46.0 Å². The highest BCUT2D eigenvalue weighted by Gasteiger charge is 2.22. The smallest absolute Gasteiger partial charge is 0.215 e. The summed E-state index contributed by atoms with van der Waals surface area (Å²) in [6, 6.07) is 0.300. The molecule has 1 heterocycles. The van der Waals surface area contributed by atoms with Crippen molar-refractivity contribution in [1.29, 1.82) is 0 Å². The molecule has 1 saturated heterocycles. The van der Waals surface area contributed by atoms with E-state index < -0.39 is 15.3 Å². The summed E-state index contributed by atoms with van der Waals surface area (Å²) in [4.78, 5) is 0. The van der Waals surface area contributed by atoms with E-state index in [2.05, 4.69) is 10.0 Å². The maximum atomic E-state index is 12.0. The number of rotatable bonds is 7. The fourth-order valence-electron chi connectivity index (χ4n) is 1.86. The number of hydrogen-bond acceptors (Lipinski definition) is 4. The molecule has 1 aliphatic heterocycles. The fraction of sp³-hybridized carbons (Fsp3) is 1.00. The average molecular weight is 278 g/mol. The van der Waals surface area contributed by atoms with Gasteiger partial charge in [0, 0.05) is 25.7 Å². The van der Waals surface area contributed by atoms with E-state index in [9.17, 15) is 8.42 Å². The van der Waals surface area contributed by atoms with Gasteiger partial charge in [0.15, 0.2) is 0 Å². The summed E-state index contributed by atoms with van der Waals surface area (Å²) in [6.45, 7) is 8.19. The molecule has 2 N–H and O–H groups in total. The molecule has 2 atom stereocenters. The number of sulfonamides is 1. The van der Waals surface area contributed by atoms with Gasteiger partial charge >= 0.3 is 0 Å². The highest BCUT2D eigenvalue weighted by molar-refractivity contribution is 7.90. The molecule has 0 saturated carbocycles. The minimum Gasteiger partial charge on any atom is -0.381 e. The highest BCUT2D eigenvalue weighted by Crippen LogP contribution is 2.13. The van der Waals surface area contributed by atoms with Crippen molar-refractivity contribution in [2.24, 2.45) is 5.92 Å². The van der Waals surface area contributed by atoms with Crippen LogP contribution in [0.1, 0.15) is 33.6 Å². The second kappa shape index (κ2) is 7.43. The van der Waals surface area contributed by atoms with Crippen LogP contribution in [0.5, 0.6) is 0 Å². The molecule has 108 valence electrons. The van der Waals surface area contributed by atoms with Gasteiger partial charge in [-0.3, -0.25) is 0 Å². The quantitative estimate of drug-likeness (QED) is 0.720. The van der Waals surface area contributed by atoms with Crippen LogP contribution in [0.15, 0.2) is 0 Å². The standard InChI is InChI=1S/C12H26N2O3S/c1-10(2)13-7-11(3)18(15,16)14-8-12-5-4-6-17-9-12/h10-14H,4-9H2,1-3H3. The van der Waals surface area contributed by atoms with E-state index in [0.29, 0.717) is 31.7 Å². The number of hydrogen-bond donors (Lipinski definition) is 2. The van der Waals surface area contributed by atoms with Gasteiger partial charge in [-0.1, -0.05) is 13.8 Å². The van der Waals surface area contributed by atoms with E-state index >= 15 is 0 Å². The Kier molecular flexibility index (Phi) is 6.55. The van der Waals surface area contributed by atoms with Gasteiger partial charge in [-0.05, 0) is 25.7 Å². The number of ether oxygens (including phenoxy) is 1. The third kappa shape index (κ3) is 5.65. The van der Waals surface area contributed by atoms with Crippen molar-refractivity contribution in [2.75, 3.05) is 26.3 Å². The zero-order valence-electron chi connectivity index (χ0n) is 11.6. The first-order valence-corrected chi connectivity index (χ1v) is 8.26. The zero-order chi connectivity index (χ0) is 13.6. The molecule has 0 aliphatic carbocycles. The minimum absolute atomic E-state index is 0.300. The third-order valence-electron chi connectivity index (χ3n) is 3.17. The molecule has 1 aliphatic rings. The van der Waals surface area contributed by atoms with Crippen molar-refractivity contribution in [3.8, 4) is 0 Å². The Hall–Kier alpha value is -0.170. The molecule has 1 rings (SSSR count). The molecule has 0 aromatic heterocycles. The molecule has 0 aromatic rings. The average Bonchev–Trinajstić information content (AvgIpc) is 2.34. The highest BCUT2D eigenvalue weighted by atomic mass is 32.2. The van der Waals surface area contributed by atoms with Gasteiger partial charge < -0.3 is 10.1 Å². The van der Waals surface area contributed by atoms with E-state index in [1.807, 2.05) is 13.8 Å². The number of nitrogens with one attached hydrogen (secondary N) is 2. The second-order valence-corrected chi connectivity index (χ2v) is 7.53. The Bertz CT molecular complexity index is 324. The summed E-state index contributed by atoms with van der Waals surface area (Å²) in [5.74, 6) is 0.318. The summed E-state index contributed by atoms with van der Waals surface area (Å²) in [5.41, 5.74) is 0. The first-order chi connectivity index (χ1) is 8.42. The SMILES string of the molecule is CC(C)NCC(C)S(=O)(=O)NCC1CCCOC1. The summed E-state index contributed by atoms with van der Waals surface area (Å²) in [6.07, 6.45) is 2.07. The van der Waals surface area contributed by atoms with E-state index in [1.54, 1.807) is 6.92 Å². The van der Waals surface area contributed by atoms with Crippen LogP contribution in [0.3, 0.4) is 0 Å². The summed E-state index contributed by atoms with van der Waals surface area (Å²) < 4.78 is 32.0. The molecule has 5 nitrogen and oxygen atoms in total. The summed E-state index contributed by atoms with van der Waals surface area (Å²) in [5, 5.41) is 2.73. The monoisotopic (exact) mass is 278 g/mol. The Morgan fingerprint density at radius 2 is 2.06 bits per heavy atom. The molecule has 2 unspecified atom stereocenters. The van der Waals surface area contributed by atoms with E-state index in [0.717, 1.165) is 19.4 Å². The first kappa shape index (κ1) is 15.9. The molecule has 0 amide bonds. The van der Waals surface area contributed by atoms with Crippen molar-refractivity contribution >= 4 is 10.0 Å². The lowest BCUT2D eigenvalue weighted by Crippen LogP contribution is -2.43. The molecule has 0 aromatic carbocycles. The fourth-order valence-corrected chi connectivity index (χ4v) is 2.92. The van der Waals surface area contributed by atoms with Crippen molar-refractivity contribution in [1.82, 2.24) is 10.0 Å². The van der Waals surface area contributed by atoms with Gasteiger partial charge in [0.2, 0.25) is 10.0 Å². The van der Waals surface area contributed by atoms with E-state index in [4.69, 9.17) is 4.74 Å². The van der Waals surface area contributed by atoms with Crippen molar-refractivity contribution < 1.29 is 13.2 Å². The molecule has 0 radical (unpaired) electrons. The first-order valence-electron chi connectivity index (χ1n) is 6.71. The van der Waals surface area contributed by atoms with Crippen molar-refractivity contribution in [3.05, 3.63) is 0 Å². The zero-order valence-corrected chi connectivity index (χ0v) is 12.4. The van der Waals surface area contributed by atoms with E-state index in [-0.39, 0.29) is 0 Å². The Balaban J connectivity index is 2.33. The molecular weight excluding hydrogens is 252 g/mol. The molecule has 6 heteroatoms. The van der Waals surface area contributed by atoms with Crippen molar-refractivity contribution in [2.45, 2.75) is 44.9 Å². The normalized spacial score (nSPS) is 23.2. The maximum absolute atomic E-state index is 12.0. The van der Waals surface area contributed by atoms with Gasteiger partial charge in [-0.15, -0.1) is 0 Å². The van der Waals surface area contributed by atoms with Crippen LogP contribution >= 0.6 is 0 Å². The van der Waals surface area contributed by atoms with E-state index in [1.165, 1.54) is 0 Å². The molecule has 18 heavy (non-hydrogen) atoms. The maximum Gasteiger partial charge on any atom is 0.215 e. The van der Waals surface area contributed by atoms with Crippen LogP contribution in [0.25, 0.3) is 0 Å². The van der Waals surface area contributed by atoms with Crippen LogP contribution in [0.4, 0.5) is 0 Å². The molecular formula is C12H26N2O3S. The van der Waals surface area contributed by atoms with Gasteiger partial charge in [0.1, 0.15) is 0 Å². The third-order valence-corrected chi connectivity index (χ3v) is 4.97. The second-order valence-electron chi connectivity index (χ2n) is 5.35. The summed E-state index contributed by atoms with van der Waals surface area (Å²) in [7, 11) is -3.22. The van der Waals surface area contributed by atoms with Crippen molar-refractivity contribution in [3.63, 3.8) is 0 Å². The Labute approximate surface area is 111 Å². The Morgan fingerprint density at radius 1 is 1.33 bits per heavy atom. The topological polar surface area (TPSA) is 67.4 Å². The lowest BCUT2D eigenvalue weighted by molar-refractivity contribution is 0.0567. The minimum atomic E-state index is -3.22. The lowest BCUT2D eigenvalue weighted by Gasteiger charge is -2.23. The predicted molar refractivity (Wildman–Crippen MR) is 73.1 cm³/mol. The lowest BCUT2D eigenvalue weighted by atomic mass is 10.0. The molecule has 1 fully saturated rings. The van der Waals surface area contributed by atoms with Crippen LogP contribution in [0, 0.1) is 5.92 Å². The van der Waals surface area contributed by atoms with Gasteiger partial charge in [-0.25, -0.2) is 13.1 Å². The van der Waals surface area contributed by atoms with Gasteiger partial charge in [0.25, 0.3) is 0 Å². The van der Waals surface area contributed by atoms with Gasteiger partial charge in [-0.2, -0.15) is 0 Å². The van der Waals surface area contributed by atoms with Crippen LogP contribution in [0.2, 0.25) is 0 Å². The summed E-state index contributed by atoms with van der Waals surface area (Å²) >= 11 is 0. The van der Waals surface area contributed by atoms with Crippen LogP contribution in [-0.2, 0) is 14.8 Å². The van der Waals surface area contributed by atoms with Gasteiger partial charge in [0.05, 0.1) is 11.9 Å². The van der Waals surface area contributed by atoms with Crippen LogP contribution < -0.4 is 10.0 Å². The molecule has 0 bridgehead atoms. The largest absolute Gasteiger partial charge is 0.381 e.